The second kappa shape index (κ2) is 5.78. The molecule has 3 rings (SSSR count). The summed E-state index contributed by atoms with van der Waals surface area (Å²) in [5.74, 6) is -0.238. The molecule has 2 aliphatic rings. The molecule has 1 atom stereocenters. The fourth-order valence-electron chi connectivity index (χ4n) is 3.65. The Bertz CT molecular complexity index is 457. The predicted octanol–water partition coefficient (Wildman–Crippen LogP) is 2.72. The summed E-state index contributed by atoms with van der Waals surface area (Å²) in [6, 6.07) is 2.10. The van der Waals surface area contributed by atoms with Crippen LogP contribution >= 0.6 is 0 Å². The normalized spacial score (nSPS) is 26.8. The average Bonchev–Trinajstić information content (AvgIpc) is 2.44. The van der Waals surface area contributed by atoms with Gasteiger partial charge in [0.15, 0.2) is 0 Å². The van der Waals surface area contributed by atoms with Crippen molar-refractivity contribution in [3.63, 3.8) is 0 Å². The second-order valence-electron chi connectivity index (χ2n) is 6.49. The first-order valence-electron chi connectivity index (χ1n) is 7.75. The highest BCUT2D eigenvalue weighted by atomic mass is 19.1. The first-order chi connectivity index (χ1) is 9.67. The maximum Gasteiger partial charge on any atom is 0.141 e. The fourth-order valence-corrected chi connectivity index (χ4v) is 3.65. The molecule has 1 aliphatic carbocycles. The molecule has 0 radical (unpaired) electrons. The van der Waals surface area contributed by atoms with Crippen LogP contribution in [0.3, 0.4) is 0 Å². The summed E-state index contributed by atoms with van der Waals surface area (Å²) in [4.78, 5) is 6.45. The average molecular weight is 277 g/mol. The minimum absolute atomic E-state index is 0.238. The lowest BCUT2D eigenvalue weighted by molar-refractivity contribution is 0.0572. The molecule has 0 amide bonds. The van der Waals surface area contributed by atoms with Crippen LogP contribution in [0, 0.1) is 5.82 Å². The van der Waals surface area contributed by atoms with Gasteiger partial charge in [-0.15, -0.1) is 0 Å². The molecule has 1 saturated carbocycles. The maximum absolute atomic E-state index is 13.3. The Morgan fingerprint density at radius 1 is 1.35 bits per heavy atom. The van der Waals surface area contributed by atoms with Crippen LogP contribution < -0.4 is 5.32 Å². The van der Waals surface area contributed by atoms with Gasteiger partial charge in [-0.3, -0.25) is 9.88 Å². The summed E-state index contributed by atoms with van der Waals surface area (Å²) in [5, 5.41) is 3.78. The second-order valence-corrected chi connectivity index (χ2v) is 6.49. The number of hydrogen-bond acceptors (Lipinski definition) is 3. The van der Waals surface area contributed by atoms with Crippen LogP contribution in [0.1, 0.15) is 44.6 Å². The molecular formula is C16H24FN3. The number of piperazine rings is 1. The molecule has 1 N–H and O–H groups in total. The molecule has 1 aromatic heterocycles. The number of nitrogens with zero attached hydrogens (tertiary/aromatic N) is 2. The zero-order valence-electron chi connectivity index (χ0n) is 12.2. The smallest absolute Gasteiger partial charge is 0.141 e. The molecule has 1 unspecified atom stereocenters. The fraction of sp³-hybridized carbons (Fsp3) is 0.688. The summed E-state index contributed by atoms with van der Waals surface area (Å²) in [7, 11) is 0. The molecule has 2 fully saturated rings. The van der Waals surface area contributed by atoms with Gasteiger partial charge >= 0.3 is 0 Å². The Morgan fingerprint density at radius 2 is 2.15 bits per heavy atom. The van der Waals surface area contributed by atoms with Gasteiger partial charge in [0, 0.05) is 37.4 Å². The van der Waals surface area contributed by atoms with Crippen molar-refractivity contribution in [3.05, 3.63) is 29.8 Å². The first-order valence-corrected chi connectivity index (χ1v) is 7.75. The Morgan fingerprint density at radius 3 is 2.90 bits per heavy atom. The van der Waals surface area contributed by atoms with Crippen molar-refractivity contribution in [2.45, 2.75) is 57.2 Å². The van der Waals surface area contributed by atoms with Crippen molar-refractivity contribution in [2.75, 3.05) is 13.1 Å². The largest absolute Gasteiger partial charge is 0.308 e. The van der Waals surface area contributed by atoms with Crippen molar-refractivity contribution in [3.8, 4) is 0 Å². The van der Waals surface area contributed by atoms with E-state index in [9.17, 15) is 4.39 Å². The van der Waals surface area contributed by atoms with Crippen LogP contribution in [0.2, 0.25) is 0 Å². The Hall–Kier alpha value is -1.00. The molecule has 2 heterocycles. The SMILES string of the molecule is CC1CNC2(CCCCC2)CN1Cc1cncc(F)c1. The van der Waals surface area contributed by atoms with Crippen LogP contribution in [0.5, 0.6) is 0 Å². The van der Waals surface area contributed by atoms with E-state index in [1.54, 1.807) is 12.3 Å². The van der Waals surface area contributed by atoms with Gasteiger partial charge in [-0.25, -0.2) is 4.39 Å². The van der Waals surface area contributed by atoms with Gasteiger partial charge in [0.1, 0.15) is 5.82 Å². The minimum atomic E-state index is -0.238. The molecule has 0 bridgehead atoms. The number of aromatic nitrogens is 1. The summed E-state index contributed by atoms with van der Waals surface area (Å²) >= 11 is 0. The van der Waals surface area contributed by atoms with E-state index in [2.05, 4.69) is 22.1 Å². The Balaban J connectivity index is 1.70. The number of hydrogen-bond donors (Lipinski definition) is 1. The van der Waals surface area contributed by atoms with Crippen LogP contribution in [-0.4, -0.2) is 34.6 Å². The maximum atomic E-state index is 13.3. The van der Waals surface area contributed by atoms with Gasteiger partial charge in [0.05, 0.1) is 6.20 Å². The number of pyridine rings is 1. The topological polar surface area (TPSA) is 28.2 Å². The van der Waals surface area contributed by atoms with Crippen molar-refractivity contribution in [1.82, 2.24) is 15.2 Å². The highest BCUT2D eigenvalue weighted by Crippen LogP contribution is 2.32. The van der Waals surface area contributed by atoms with Crippen LogP contribution in [-0.2, 0) is 6.54 Å². The summed E-state index contributed by atoms with van der Waals surface area (Å²) in [6.45, 7) is 5.15. The lowest BCUT2D eigenvalue weighted by atomic mass is 9.79. The number of nitrogens with one attached hydrogen (secondary N) is 1. The van der Waals surface area contributed by atoms with Gasteiger partial charge in [-0.05, 0) is 31.4 Å². The molecule has 1 aliphatic heterocycles. The van der Waals surface area contributed by atoms with Crippen LogP contribution in [0.15, 0.2) is 18.5 Å². The van der Waals surface area contributed by atoms with Crippen LogP contribution in [0.4, 0.5) is 4.39 Å². The molecule has 4 heteroatoms. The van der Waals surface area contributed by atoms with E-state index < -0.39 is 0 Å². The molecule has 3 nitrogen and oxygen atoms in total. The molecular weight excluding hydrogens is 253 g/mol. The van der Waals surface area contributed by atoms with E-state index in [1.165, 1.54) is 38.3 Å². The Kier molecular flexibility index (Phi) is 4.03. The number of rotatable bonds is 2. The zero-order chi connectivity index (χ0) is 14.0. The van der Waals surface area contributed by atoms with Crippen molar-refractivity contribution in [1.29, 1.82) is 0 Å². The molecule has 1 aromatic rings. The zero-order valence-corrected chi connectivity index (χ0v) is 12.2. The van der Waals surface area contributed by atoms with Gasteiger partial charge in [0.2, 0.25) is 0 Å². The van der Waals surface area contributed by atoms with Crippen molar-refractivity contribution < 1.29 is 4.39 Å². The number of halogens is 1. The highest BCUT2D eigenvalue weighted by molar-refractivity contribution is 5.11. The van der Waals surface area contributed by atoms with E-state index in [1.807, 2.05) is 0 Å². The minimum Gasteiger partial charge on any atom is -0.308 e. The van der Waals surface area contributed by atoms with Gasteiger partial charge < -0.3 is 5.32 Å². The third kappa shape index (κ3) is 3.01. The van der Waals surface area contributed by atoms with E-state index in [-0.39, 0.29) is 5.82 Å². The molecule has 110 valence electrons. The quantitative estimate of drug-likeness (QED) is 0.901. The van der Waals surface area contributed by atoms with Gasteiger partial charge in [-0.1, -0.05) is 19.3 Å². The van der Waals surface area contributed by atoms with E-state index in [4.69, 9.17) is 0 Å². The lowest BCUT2D eigenvalue weighted by Gasteiger charge is -2.49. The summed E-state index contributed by atoms with van der Waals surface area (Å²) < 4.78 is 13.3. The molecule has 0 aromatic carbocycles. The van der Waals surface area contributed by atoms with E-state index in [0.29, 0.717) is 11.6 Å². The first kappa shape index (κ1) is 14.0. The van der Waals surface area contributed by atoms with E-state index >= 15 is 0 Å². The monoisotopic (exact) mass is 277 g/mol. The van der Waals surface area contributed by atoms with Crippen molar-refractivity contribution >= 4 is 0 Å². The molecule has 1 saturated heterocycles. The van der Waals surface area contributed by atoms with E-state index in [0.717, 1.165) is 25.2 Å². The third-order valence-corrected chi connectivity index (χ3v) is 4.86. The third-order valence-electron chi connectivity index (χ3n) is 4.86. The Labute approximate surface area is 120 Å². The summed E-state index contributed by atoms with van der Waals surface area (Å²) in [6.07, 6.45) is 9.63. The molecule has 20 heavy (non-hydrogen) atoms. The van der Waals surface area contributed by atoms with Gasteiger partial charge in [0.25, 0.3) is 0 Å². The van der Waals surface area contributed by atoms with Gasteiger partial charge in [-0.2, -0.15) is 0 Å². The highest BCUT2D eigenvalue weighted by Gasteiger charge is 2.38. The lowest BCUT2D eigenvalue weighted by Crippen LogP contribution is -2.63. The molecule has 1 spiro atoms. The van der Waals surface area contributed by atoms with Crippen LogP contribution in [0.25, 0.3) is 0 Å². The predicted molar refractivity (Wildman–Crippen MR) is 77.9 cm³/mol. The standard InChI is InChI=1S/C16H24FN3/c1-13-8-19-16(5-3-2-4-6-16)12-20(13)11-14-7-15(17)10-18-9-14/h7,9-10,13,19H,2-6,8,11-12H2,1H3. The van der Waals surface area contributed by atoms with Crippen molar-refractivity contribution in [2.24, 2.45) is 0 Å². The summed E-state index contributed by atoms with van der Waals surface area (Å²) in [5.41, 5.74) is 1.27.